The molecule has 0 aliphatic heterocycles. The van der Waals surface area contributed by atoms with Gasteiger partial charge in [0.2, 0.25) is 10.9 Å². The van der Waals surface area contributed by atoms with Crippen molar-refractivity contribution >= 4 is 65.4 Å². The molecule has 5 aromatic rings. The summed E-state index contributed by atoms with van der Waals surface area (Å²) in [6, 6.07) is 17.9. The van der Waals surface area contributed by atoms with Crippen molar-refractivity contribution in [1.82, 2.24) is 0 Å². The Labute approximate surface area is 328 Å². The predicted molar refractivity (Wildman–Crippen MR) is 171 cm³/mol. The van der Waals surface area contributed by atoms with Crippen LogP contribution in [0.1, 0.15) is 11.1 Å². The molecule has 0 saturated carbocycles. The molecular weight excluding hydrogens is 718 g/mol. The van der Waals surface area contributed by atoms with Crippen molar-refractivity contribution in [2.75, 3.05) is 10.9 Å². The third-order valence-electron chi connectivity index (χ3n) is 6.85. The fourth-order valence-corrected chi connectivity index (χ4v) is 5.63. The van der Waals surface area contributed by atoms with Crippen LogP contribution in [0.5, 0.6) is 0 Å². The summed E-state index contributed by atoms with van der Waals surface area (Å²) >= 11 is 6.06. The van der Waals surface area contributed by atoms with Gasteiger partial charge in [-0.05, 0) is 91.0 Å². The van der Waals surface area contributed by atoms with Crippen LogP contribution in [0.25, 0.3) is 10.8 Å². The van der Waals surface area contributed by atoms with Gasteiger partial charge >= 0.3 is 59.1 Å². The van der Waals surface area contributed by atoms with Crippen molar-refractivity contribution in [3.8, 4) is 0 Å². The maximum atomic E-state index is 13.1. The summed E-state index contributed by atoms with van der Waals surface area (Å²) in [5, 5.41) is 16.7. The first-order valence-electron chi connectivity index (χ1n) is 13.3. The number of azo groups is 1. The molecule has 0 unspecified atom stereocenters. The maximum absolute atomic E-state index is 13.1. The Hall–Kier alpha value is -3.13. The van der Waals surface area contributed by atoms with E-state index in [9.17, 15) is 35.5 Å². The van der Waals surface area contributed by atoms with E-state index < -0.39 is 46.2 Å². The van der Waals surface area contributed by atoms with Gasteiger partial charge < -0.3 is 9.11 Å². The van der Waals surface area contributed by atoms with Crippen molar-refractivity contribution in [2.45, 2.75) is 23.6 Å². The topological polar surface area (TPSA) is 222 Å². The van der Waals surface area contributed by atoms with E-state index in [1.54, 1.807) is 50.2 Å². The minimum Gasteiger partial charge on any atom is -0.744 e. The van der Waals surface area contributed by atoms with E-state index in [0.29, 0.717) is 39.0 Å². The van der Waals surface area contributed by atoms with Crippen LogP contribution in [-0.4, -0.2) is 25.9 Å². The van der Waals surface area contributed by atoms with Gasteiger partial charge in [0.15, 0.2) is 5.36 Å². The number of hydrogen-bond donors (Lipinski definition) is 2. The second-order valence-electron chi connectivity index (χ2n) is 10.1. The zero-order valence-corrected chi connectivity index (χ0v) is 32.6. The Kier molecular flexibility index (Phi) is 13.4. The van der Waals surface area contributed by atoms with Crippen molar-refractivity contribution in [3.05, 3.63) is 126 Å². The van der Waals surface area contributed by atoms with Crippen LogP contribution in [-0.2, 0) is 20.2 Å². The third-order valence-corrected chi connectivity index (χ3v) is 8.89. The summed E-state index contributed by atoms with van der Waals surface area (Å²) in [6.45, 7) is 3.32. The van der Waals surface area contributed by atoms with Crippen LogP contribution < -0.4 is 91.5 Å². The van der Waals surface area contributed by atoms with E-state index in [4.69, 9.17) is 11.6 Å². The summed E-state index contributed by atoms with van der Waals surface area (Å²) in [7, 11) is -9.42. The summed E-state index contributed by atoms with van der Waals surface area (Å²) in [5.41, 5.74) is 6.35. The van der Waals surface area contributed by atoms with Crippen LogP contribution in [0.3, 0.4) is 0 Å². The minimum atomic E-state index is -4.76. The molecule has 0 aliphatic rings. The number of nitrogens with one attached hydrogen (secondary N) is 2. The second-order valence-corrected chi connectivity index (χ2v) is 13.2. The molecule has 5 rings (SSSR count). The molecule has 240 valence electrons. The molecule has 0 radical (unpaired) electrons. The number of rotatable bonds is 8. The summed E-state index contributed by atoms with van der Waals surface area (Å²) in [6.07, 6.45) is 0. The Morgan fingerprint density at radius 2 is 1.41 bits per heavy atom. The van der Waals surface area contributed by atoms with Gasteiger partial charge in [-0.25, -0.2) is 16.8 Å². The SMILES string of the molecule is Cc1cc(NN=c2ccc(=O)/c(=N/Nc3cccc4cc(S(=O)(=O)[O-])ccc34)c2=O)ccc1N=Nc1cc(S(=O)(=O)[O-])cc(Cl)c1C.[Na+].[Na+]. The molecule has 0 aromatic heterocycles. The Morgan fingerprint density at radius 1 is 0.714 bits per heavy atom. The van der Waals surface area contributed by atoms with Gasteiger partial charge in [-0.3, -0.25) is 20.4 Å². The smallest absolute Gasteiger partial charge is 0.744 e. The number of aryl methyl sites for hydroxylation is 1. The minimum absolute atomic E-state index is 0. The van der Waals surface area contributed by atoms with Crippen LogP contribution >= 0.6 is 11.6 Å². The van der Waals surface area contributed by atoms with E-state index in [-0.39, 0.29) is 75.2 Å². The molecule has 2 N–H and O–H groups in total. The number of anilines is 2. The molecule has 0 spiro atoms. The largest absolute Gasteiger partial charge is 1.00 e. The van der Waals surface area contributed by atoms with Crippen LogP contribution in [0.2, 0.25) is 5.02 Å². The molecule has 0 atom stereocenters. The van der Waals surface area contributed by atoms with E-state index in [2.05, 4.69) is 31.3 Å². The summed E-state index contributed by atoms with van der Waals surface area (Å²) in [4.78, 5) is 24.6. The zero-order chi connectivity index (χ0) is 34.1. The second kappa shape index (κ2) is 16.3. The van der Waals surface area contributed by atoms with Gasteiger partial charge in [0.25, 0.3) is 0 Å². The molecule has 49 heavy (non-hydrogen) atoms. The molecule has 0 bridgehead atoms. The Morgan fingerprint density at radius 3 is 2.08 bits per heavy atom. The van der Waals surface area contributed by atoms with Crippen LogP contribution in [0, 0.1) is 13.8 Å². The van der Waals surface area contributed by atoms with Crippen LogP contribution in [0.4, 0.5) is 22.7 Å². The third kappa shape index (κ3) is 9.56. The number of fused-ring (bicyclic) bond motifs is 1. The average molecular weight is 739 g/mol. The molecule has 19 heteroatoms. The van der Waals surface area contributed by atoms with Crippen molar-refractivity contribution in [3.63, 3.8) is 0 Å². The van der Waals surface area contributed by atoms with Crippen molar-refractivity contribution in [1.29, 1.82) is 0 Å². The number of nitrogens with zero attached hydrogens (tertiary/aromatic N) is 4. The van der Waals surface area contributed by atoms with Gasteiger partial charge in [-0.2, -0.15) is 20.4 Å². The van der Waals surface area contributed by atoms with Gasteiger partial charge in [0.05, 0.1) is 32.5 Å². The maximum Gasteiger partial charge on any atom is 1.00 e. The van der Waals surface area contributed by atoms with E-state index in [1.165, 1.54) is 18.2 Å². The number of hydrogen-bond acceptors (Lipinski definition) is 14. The van der Waals surface area contributed by atoms with E-state index in [0.717, 1.165) is 24.3 Å². The standard InChI is InChI=1S/C30H23ClN6O8S2.2Na/c1-16-12-19(6-9-24(16)33-36-27-15-21(47(43,44)45)14-23(31)17(27)2)32-35-26-10-11-28(38)29(30(26)39)37-34-25-5-3-4-18-13-20(46(40,41)42)7-8-22(18)25;;/h3-15,32,34H,1-2H3,(H,40,41,42)(H,43,44,45);;/q;2*+1/p-2/b35-26?,36-33?,37-29-;;. The normalized spacial score (nSPS) is 12.5. The molecule has 0 fully saturated rings. The first-order valence-corrected chi connectivity index (χ1v) is 16.5. The van der Waals surface area contributed by atoms with Crippen molar-refractivity contribution in [2.24, 2.45) is 20.4 Å². The molecule has 14 nitrogen and oxygen atoms in total. The number of halogens is 1. The van der Waals surface area contributed by atoms with Gasteiger partial charge in [-0.1, -0.05) is 29.8 Å². The fraction of sp³-hybridized carbons (Fsp3) is 0.0667. The van der Waals surface area contributed by atoms with Gasteiger partial charge in [0.1, 0.15) is 25.6 Å². The van der Waals surface area contributed by atoms with Gasteiger partial charge in [-0.15, -0.1) is 0 Å². The first kappa shape index (κ1) is 40.3. The monoisotopic (exact) mass is 738 g/mol. The first-order chi connectivity index (χ1) is 22.1. The van der Waals surface area contributed by atoms with Crippen molar-refractivity contribution < 1.29 is 85.1 Å². The fourth-order valence-electron chi connectivity index (χ4n) is 4.33. The van der Waals surface area contributed by atoms with E-state index in [1.807, 2.05) is 0 Å². The summed E-state index contributed by atoms with van der Waals surface area (Å²) < 4.78 is 68.4. The predicted octanol–water partition coefficient (Wildman–Crippen LogP) is -2.21. The van der Waals surface area contributed by atoms with E-state index >= 15 is 0 Å². The Balaban J connectivity index is 0.00000325. The quantitative estimate of drug-likeness (QED) is 0.0756. The molecule has 5 aromatic carbocycles. The number of benzene rings is 5. The molecule has 0 aliphatic carbocycles. The molecule has 0 amide bonds. The average Bonchev–Trinajstić information content (AvgIpc) is 3.00. The summed E-state index contributed by atoms with van der Waals surface area (Å²) in [5.74, 6) is 0. The zero-order valence-electron chi connectivity index (χ0n) is 26.3. The van der Waals surface area contributed by atoms with Gasteiger partial charge in [0, 0.05) is 10.4 Å². The Bertz CT molecular complexity index is 2580. The molecular formula is C30H21ClN6Na2O8S2. The van der Waals surface area contributed by atoms with Crippen LogP contribution in [0.15, 0.2) is 119 Å². The molecule has 0 heterocycles. The molecule has 0 saturated heterocycles.